The molecule has 2 aromatic rings. The number of aliphatic hydroxyl groups is 1. The third-order valence-corrected chi connectivity index (χ3v) is 2.72. The highest BCUT2D eigenvalue weighted by atomic mass is 16.3. The van der Waals surface area contributed by atoms with Gasteiger partial charge < -0.3 is 15.4 Å². The van der Waals surface area contributed by atoms with Crippen molar-refractivity contribution in [3.8, 4) is 11.4 Å². The predicted molar refractivity (Wildman–Crippen MR) is 67.3 cm³/mol. The summed E-state index contributed by atoms with van der Waals surface area (Å²) in [5.41, 5.74) is 6.79. The van der Waals surface area contributed by atoms with Crippen LogP contribution in [0.1, 0.15) is 6.42 Å². The monoisotopic (exact) mass is 231 g/mol. The SMILES string of the molecule is NC(CO)CCn1ccnc1-c1ccccc1. The highest BCUT2D eigenvalue weighted by Crippen LogP contribution is 2.17. The number of benzene rings is 1. The number of rotatable bonds is 5. The summed E-state index contributed by atoms with van der Waals surface area (Å²) < 4.78 is 2.06. The number of aromatic nitrogens is 2. The molecule has 90 valence electrons. The summed E-state index contributed by atoms with van der Waals surface area (Å²) in [6.45, 7) is 0.793. The van der Waals surface area contributed by atoms with Crippen molar-refractivity contribution in [2.75, 3.05) is 6.61 Å². The third kappa shape index (κ3) is 2.93. The minimum Gasteiger partial charge on any atom is -0.395 e. The molecule has 0 aliphatic heterocycles. The van der Waals surface area contributed by atoms with E-state index in [-0.39, 0.29) is 12.6 Å². The second kappa shape index (κ2) is 5.61. The average Bonchev–Trinajstić information content (AvgIpc) is 2.85. The number of hydrogen-bond acceptors (Lipinski definition) is 3. The molecule has 0 spiro atoms. The summed E-state index contributed by atoms with van der Waals surface area (Å²) in [4.78, 5) is 4.35. The normalized spacial score (nSPS) is 12.6. The van der Waals surface area contributed by atoms with Gasteiger partial charge in [-0.05, 0) is 6.42 Å². The molecule has 1 aromatic heterocycles. The van der Waals surface area contributed by atoms with Crippen molar-refractivity contribution in [3.63, 3.8) is 0 Å². The number of aliphatic hydroxyl groups excluding tert-OH is 1. The topological polar surface area (TPSA) is 64.1 Å². The number of aryl methyl sites for hydroxylation is 1. The Kier molecular flexibility index (Phi) is 3.90. The van der Waals surface area contributed by atoms with Crippen LogP contribution in [0, 0.1) is 0 Å². The second-order valence-corrected chi connectivity index (χ2v) is 4.04. The Labute approximate surface area is 101 Å². The molecule has 1 heterocycles. The van der Waals surface area contributed by atoms with E-state index in [2.05, 4.69) is 9.55 Å². The van der Waals surface area contributed by atoms with Crippen LogP contribution in [0.3, 0.4) is 0 Å². The molecular weight excluding hydrogens is 214 g/mol. The van der Waals surface area contributed by atoms with Gasteiger partial charge >= 0.3 is 0 Å². The fourth-order valence-corrected chi connectivity index (χ4v) is 1.73. The van der Waals surface area contributed by atoms with Gasteiger partial charge in [-0.25, -0.2) is 4.98 Å². The summed E-state index contributed by atoms with van der Waals surface area (Å²) in [6.07, 6.45) is 4.46. The zero-order valence-electron chi connectivity index (χ0n) is 9.66. The van der Waals surface area contributed by atoms with Gasteiger partial charge in [-0.3, -0.25) is 0 Å². The Bertz CT molecular complexity index is 453. The lowest BCUT2D eigenvalue weighted by atomic mass is 10.2. The Morgan fingerprint density at radius 2 is 2.06 bits per heavy atom. The molecule has 1 aromatic carbocycles. The number of imidazole rings is 1. The molecule has 0 radical (unpaired) electrons. The zero-order chi connectivity index (χ0) is 12.1. The molecule has 1 atom stereocenters. The Balaban J connectivity index is 2.12. The fourth-order valence-electron chi connectivity index (χ4n) is 1.73. The first kappa shape index (κ1) is 11.8. The van der Waals surface area contributed by atoms with Gasteiger partial charge in [0, 0.05) is 30.5 Å². The molecule has 0 aliphatic carbocycles. The van der Waals surface area contributed by atoms with Gasteiger partial charge in [0.05, 0.1) is 6.61 Å². The van der Waals surface area contributed by atoms with E-state index in [1.54, 1.807) is 6.20 Å². The van der Waals surface area contributed by atoms with E-state index in [1.807, 2.05) is 36.5 Å². The van der Waals surface area contributed by atoms with E-state index in [1.165, 1.54) is 0 Å². The minimum absolute atomic E-state index is 0.0232. The maximum absolute atomic E-state index is 8.90. The van der Waals surface area contributed by atoms with Gasteiger partial charge in [-0.15, -0.1) is 0 Å². The quantitative estimate of drug-likeness (QED) is 0.814. The van der Waals surface area contributed by atoms with Crippen LogP contribution in [0.15, 0.2) is 42.7 Å². The molecule has 0 fully saturated rings. The summed E-state index contributed by atoms with van der Waals surface area (Å²) in [5, 5.41) is 8.90. The third-order valence-electron chi connectivity index (χ3n) is 2.72. The molecule has 4 nitrogen and oxygen atoms in total. The van der Waals surface area contributed by atoms with Crippen molar-refractivity contribution in [3.05, 3.63) is 42.7 Å². The van der Waals surface area contributed by atoms with E-state index >= 15 is 0 Å². The lowest BCUT2D eigenvalue weighted by molar-refractivity contribution is 0.256. The van der Waals surface area contributed by atoms with Gasteiger partial charge in [-0.1, -0.05) is 30.3 Å². The largest absolute Gasteiger partial charge is 0.395 e. The molecule has 2 rings (SSSR count). The summed E-state index contributed by atoms with van der Waals surface area (Å²) in [5.74, 6) is 0.940. The van der Waals surface area contributed by atoms with Crippen molar-refractivity contribution >= 4 is 0 Å². The highest BCUT2D eigenvalue weighted by Gasteiger charge is 2.06. The van der Waals surface area contributed by atoms with E-state index < -0.39 is 0 Å². The van der Waals surface area contributed by atoms with Gasteiger partial charge in [0.15, 0.2) is 0 Å². The number of nitrogens with two attached hydrogens (primary N) is 1. The van der Waals surface area contributed by atoms with Crippen molar-refractivity contribution in [2.45, 2.75) is 19.0 Å². The lowest BCUT2D eigenvalue weighted by Gasteiger charge is -2.11. The van der Waals surface area contributed by atoms with Crippen molar-refractivity contribution in [1.29, 1.82) is 0 Å². The lowest BCUT2D eigenvalue weighted by Crippen LogP contribution is -2.25. The first-order chi connectivity index (χ1) is 8.31. The molecule has 3 N–H and O–H groups in total. The standard InChI is InChI=1S/C13H17N3O/c14-12(10-17)6-8-16-9-7-15-13(16)11-4-2-1-3-5-11/h1-5,7,9,12,17H,6,8,10,14H2. The fraction of sp³-hybridized carbons (Fsp3) is 0.308. The van der Waals surface area contributed by atoms with Crippen LogP contribution in [-0.4, -0.2) is 27.3 Å². The highest BCUT2D eigenvalue weighted by molar-refractivity contribution is 5.54. The summed E-state index contributed by atoms with van der Waals surface area (Å²) >= 11 is 0. The van der Waals surface area contributed by atoms with Crippen LogP contribution in [0.25, 0.3) is 11.4 Å². The van der Waals surface area contributed by atoms with E-state index in [0.29, 0.717) is 0 Å². The Morgan fingerprint density at radius 3 is 2.76 bits per heavy atom. The number of hydrogen-bond donors (Lipinski definition) is 2. The maximum atomic E-state index is 8.90. The predicted octanol–water partition coefficient (Wildman–Crippen LogP) is 1.26. The van der Waals surface area contributed by atoms with Crippen LogP contribution in [0.4, 0.5) is 0 Å². The second-order valence-electron chi connectivity index (χ2n) is 4.04. The van der Waals surface area contributed by atoms with Gasteiger partial charge in [0.25, 0.3) is 0 Å². The first-order valence-corrected chi connectivity index (χ1v) is 5.74. The Morgan fingerprint density at radius 1 is 1.29 bits per heavy atom. The van der Waals surface area contributed by atoms with Gasteiger partial charge in [-0.2, -0.15) is 0 Å². The smallest absolute Gasteiger partial charge is 0.139 e. The Hall–Kier alpha value is -1.65. The molecule has 0 aliphatic rings. The van der Waals surface area contributed by atoms with E-state index in [0.717, 1.165) is 24.4 Å². The van der Waals surface area contributed by atoms with Crippen LogP contribution in [-0.2, 0) is 6.54 Å². The number of nitrogens with zero attached hydrogens (tertiary/aromatic N) is 2. The van der Waals surface area contributed by atoms with Crippen LogP contribution < -0.4 is 5.73 Å². The molecule has 0 saturated heterocycles. The zero-order valence-corrected chi connectivity index (χ0v) is 9.66. The summed E-state index contributed by atoms with van der Waals surface area (Å²) in [6, 6.07) is 9.87. The molecule has 0 amide bonds. The molecule has 1 unspecified atom stereocenters. The minimum atomic E-state index is -0.166. The average molecular weight is 231 g/mol. The van der Waals surface area contributed by atoms with Crippen molar-refractivity contribution in [1.82, 2.24) is 9.55 Å². The van der Waals surface area contributed by atoms with Crippen molar-refractivity contribution in [2.24, 2.45) is 5.73 Å². The van der Waals surface area contributed by atoms with Gasteiger partial charge in [0.2, 0.25) is 0 Å². The molecular formula is C13H17N3O. The van der Waals surface area contributed by atoms with E-state index in [4.69, 9.17) is 10.8 Å². The molecule has 0 bridgehead atoms. The van der Waals surface area contributed by atoms with Crippen LogP contribution in [0.5, 0.6) is 0 Å². The van der Waals surface area contributed by atoms with Crippen LogP contribution >= 0.6 is 0 Å². The van der Waals surface area contributed by atoms with Gasteiger partial charge in [0.1, 0.15) is 5.82 Å². The maximum Gasteiger partial charge on any atom is 0.139 e. The van der Waals surface area contributed by atoms with Crippen LogP contribution in [0.2, 0.25) is 0 Å². The molecule has 0 saturated carbocycles. The summed E-state index contributed by atoms with van der Waals surface area (Å²) in [7, 11) is 0. The molecule has 4 heteroatoms. The van der Waals surface area contributed by atoms with E-state index in [9.17, 15) is 0 Å². The first-order valence-electron chi connectivity index (χ1n) is 5.74. The molecule has 17 heavy (non-hydrogen) atoms. The van der Waals surface area contributed by atoms with Crippen molar-refractivity contribution < 1.29 is 5.11 Å².